The Labute approximate surface area is 127 Å². The number of benzene rings is 1. The third kappa shape index (κ3) is 5.64. The van der Waals surface area contributed by atoms with Gasteiger partial charge in [-0.2, -0.15) is 0 Å². The Morgan fingerprint density at radius 2 is 2.19 bits per heavy atom. The molecule has 3 heteroatoms. The van der Waals surface area contributed by atoms with Gasteiger partial charge >= 0.3 is 0 Å². The summed E-state index contributed by atoms with van der Waals surface area (Å²) in [6.45, 7) is 6.03. The molecule has 2 rings (SSSR count). The second kappa shape index (κ2) is 8.53. The van der Waals surface area contributed by atoms with Crippen molar-refractivity contribution in [3.63, 3.8) is 0 Å². The van der Waals surface area contributed by atoms with Gasteiger partial charge in [-0.15, -0.1) is 0 Å². The lowest BCUT2D eigenvalue weighted by atomic mass is 10.1. The van der Waals surface area contributed by atoms with Gasteiger partial charge < -0.3 is 14.5 Å². The van der Waals surface area contributed by atoms with Crippen molar-refractivity contribution in [3.8, 4) is 5.75 Å². The molecule has 0 spiro atoms. The third-order valence-corrected chi connectivity index (χ3v) is 3.47. The highest BCUT2D eigenvalue weighted by Crippen LogP contribution is 2.13. The van der Waals surface area contributed by atoms with Crippen molar-refractivity contribution in [3.05, 3.63) is 54.0 Å². The zero-order valence-corrected chi connectivity index (χ0v) is 13.0. The van der Waals surface area contributed by atoms with Crippen molar-refractivity contribution in [2.45, 2.75) is 39.2 Å². The van der Waals surface area contributed by atoms with Crippen molar-refractivity contribution in [2.24, 2.45) is 0 Å². The Morgan fingerprint density at radius 3 is 2.90 bits per heavy atom. The second-order valence-corrected chi connectivity index (χ2v) is 5.44. The Morgan fingerprint density at radius 1 is 1.29 bits per heavy atom. The van der Waals surface area contributed by atoms with E-state index in [1.165, 1.54) is 11.1 Å². The van der Waals surface area contributed by atoms with Crippen molar-refractivity contribution in [2.75, 3.05) is 13.2 Å². The minimum absolute atomic E-state index is 0.423. The summed E-state index contributed by atoms with van der Waals surface area (Å²) in [6, 6.07) is 10.7. The quantitative estimate of drug-likeness (QED) is 0.758. The molecule has 0 bridgehead atoms. The van der Waals surface area contributed by atoms with E-state index in [1.807, 2.05) is 24.5 Å². The van der Waals surface area contributed by atoms with E-state index in [-0.39, 0.29) is 0 Å². The normalized spacial score (nSPS) is 12.3. The van der Waals surface area contributed by atoms with E-state index < -0.39 is 0 Å². The molecule has 1 atom stereocenters. The monoisotopic (exact) mass is 287 g/mol. The Kier molecular flexibility index (Phi) is 6.35. The topological polar surface area (TPSA) is 34.4 Å². The maximum absolute atomic E-state index is 5.85. The summed E-state index contributed by atoms with van der Waals surface area (Å²) in [7, 11) is 0. The van der Waals surface area contributed by atoms with Crippen LogP contribution in [-0.4, -0.2) is 19.2 Å². The van der Waals surface area contributed by atoms with Gasteiger partial charge in [-0.1, -0.05) is 19.1 Å². The van der Waals surface area contributed by atoms with Gasteiger partial charge in [-0.3, -0.25) is 0 Å². The average molecular weight is 287 g/mol. The van der Waals surface area contributed by atoms with Crippen LogP contribution in [0.2, 0.25) is 0 Å². The maximum atomic E-state index is 5.85. The van der Waals surface area contributed by atoms with Crippen molar-refractivity contribution in [1.82, 2.24) is 5.32 Å². The number of aryl methyl sites for hydroxylation is 1. The molecule has 1 aromatic carbocycles. The van der Waals surface area contributed by atoms with Crippen LogP contribution in [0.25, 0.3) is 0 Å². The zero-order valence-electron chi connectivity index (χ0n) is 13.0. The maximum Gasteiger partial charge on any atom is 0.119 e. The molecule has 0 aliphatic carbocycles. The highest BCUT2D eigenvalue weighted by molar-refractivity contribution is 5.27. The Hall–Kier alpha value is -1.74. The number of hydrogen-bond donors (Lipinski definition) is 1. The minimum atomic E-state index is 0.423. The van der Waals surface area contributed by atoms with E-state index in [4.69, 9.17) is 9.15 Å². The van der Waals surface area contributed by atoms with Crippen LogP contribution in [0.3, 0.4) is 0 Å². The SMILES string of the molecule is CCCNC(CCOc1cccc(C)c1)Cc1ccoc1. The molecular formula is C18H25NO2. The van der Waals surface area contributed by atoms with Crippen LogP contribution in [0.15, 0.2) is 47.3 Å². The number of rotatable bonds is 9. The summed E-state index contributed by atoms with van der Waals surface area (Å²) in [4.78, 5) is 0. The predicted octanol–water partition coefficient (Wildman–Crippen LogP) is 3.97. The first kappa shape index (κ1) is 15.6. The molecule has 0 aliphatic rings. The number of ether oxygens (including phenoxy) is 1. The first-order chi connectivity index (χ1) is 10.3. The summed E-state index contributed by atoms with van der Waals surface area (Å²) in [5.41, 5.74) is 2.46. The summed E-state index contributed by atoms with van der Waals surface area (Å²) in [5.74, 6) is 0.951. The molecule has 0 fully saturated rings. The van der Waals surface area contributed by atoms with E-state index in [2.05, 4.69) is 31.3 Å². The fraction of sp³-hybridized carbons (Fsp3) is 0.444. The van der Waals surface area contributed by atoms with Crippen LogP contribution in [0.1, 0.15) is 30.9 Å². The molecule has 0 saturated carbocycles. The van der Waals surface area contributed by atoms with Crippen molar-refractivity contribution < 1.29 is 9.15 Å². The lowest BCUT2D eigenvalue weighted by molar-refractivity contribution is 0.284. The molecule has 0 radical (unpaired) electrons. The van der Waals surface area contributed by atoms with Gasteiger partial charge in [0.1, 0.15) is 5.75 Å². The largest absolute Gasteiger partial charge is 0.494 e. The van der Waals surface area contributed by atoms with E-state index in [0.717, 1.165) is 38.2 Å². The highest BCUT2D eigenvalue weighted by Gasteiger charge is 2.10. The molecule has 0 saturated heterocycles. The summed E-state index contributed by atoms with van der Waals surface area (Å²) in [5, 5.41) is 3.58. The van der Waals surface area contributed by atoms with Gasteiger partial charge in [0.2, 0.25) is 0 Å². The van der Waals surface area contributed by atoms with Gasteiger partial charge in [0, 0.05) is 6.04 Å². The summed E-state index contributed by atoms with van der Waals surface area (Å²) < 4.78 is 11.0. The van der Waals surface area contributed by atoms with Crippen LogP contribution in [0.4, 0.5) is 0 Å². The van der Waals surface area contributed by atoms with Gasteiger partial charge in [0.05, 0.1) is 19.1 Å². The first-order valence-electron chi connectivity index (χ1n) is 7.72. The van der Waals surface area contributed by atoms with Crippen LogP contribution in [0, 0.1) is 6.92 Å². The van der Waals surface area contributed by atoms with E-state index in [0.29, 0.717) is 6.04 Å². The van der Waals surface area contributed by atoms with E-state index >= 15 is 0 Å². The number of furan rings is 1. The smallest absolute Gasteiger partial charge is 0.119 e. The zero-order chi connectivity index (χ0) is 14.9. The van der Waals surface area contributed by atoms with E-state index in [1.54, 1.807) is 6.26 Å². The van der Waals surface area contributed by atoms with Gasteiger partial charge in [-0.25, -0.2) is 0 Å². The fourth-order valence-corrected chi connectivity index (χ4v) is 2.34. The van der Waals surface area contributed by atoms with Crippen molar-refractivity contribution >= 4 is 0 Å². The number of hydrogen-bond acceptors (Lipinski definition) is 3. The standard InChI is InChI=1S/C18H25NO2/c1-3-9-19-17(13-16-7-10-20-14-16)8-11-21-18-6-4-5-15(2)12-18/h4-7,10,12,14,17,19H,3,8-9,11,13H2,1-2H3. The Bertz CT molecular complexity index is 508. The molecule has 1 unspecified atom stereocenters. The lowest BCUT2D eigenvalue weighted by Gasteiger charge is -2.18. The molecule has 114 valence electrons. The highest BCUT2D eigenvalue weighted by atomic mass is 16.5. The van der Waals surface area contributed by atoms with Gasteiger partial charge in [-0.05, 0) is 62.1 Å². The molecule has 1 heterocycles. The Balaban J connectivity index is 1.80. The third-order valence-electron chi connectivity index (χ3n) is 3.47. The predicted molar refractivity (Wildman–Crippen MR) is 85.8 cm³/mol. The fourth-order valence-electron chi connectivity index (χ4n) is 2.34. The molecule has 0 amide bonds. The average Bonchev–Trinajstić information content (AvgIpc) is 2.97. The minimum Gasteiger partial charge on any atom is -0.494 e. The molecule has 1 N–H and O–H groups in total. The lowest BCUT2D eigenvalue weighted by Crippen LogP contribution is -2.33. The molecular weight excluding hydrogens is 262 g/mol. The summed E-state index contributed by atoms with van der Waals surface area (Å²) >= 11 is 0. The first-order valence-corrected chi connectivity index (χ1v) is 7.72. The van der Waals surface area contributed by atoms with E-state index in [9.17, 15) is 0 Å². The van der Waals surface area contributed by atoms with Gasteiger partial charge in [0.15, 0.2) is 0 Å². The molecule has 21 heavy (non-hydrogen) atoms. The molecule has 2 aromatic rings. The van der Waals surface area contributed by atoms with Crippen LogP contribution in [0.5, 0.6) is 5.75 Å². The van der Waals surface area contributed by atoms with Crippen molar-refractivity contribution in [1.29, 1.82) is 0 Å². The van der Waals surface area contributed by atoms with Crippen LogP contribution >= 0.6 is 0 Å². The second-order valence-electron chi connectivity index (χ2n) is 5.44. The van der Waals surface area contributed by atoms with Gasteiger partial charge in [0.25, 0.3) is 0 Å². The molecule has 0 aliphatic heterocycles. The van der Waals surface area contributed by atoms with Crippen LogP contribution in [-0.2, 0) is 6.42 Å². The molecule has 1 aromatic heterocycles. The number of nitrogens with one attached hydrogen (secondary N) is 1. The van der Waals surface area contributed by atoms with Crippen LogP contribution < -0.4 is 10.1 Å². The summed E-state index contributed by atoms with van der Waals surface area (Å²) in [6.07, 6.45) is 6.66. The molecule has 3 nitrogen and oxygen atoms in total.